The maximum Gasteiger partial charge on any atom is 0.325 e. The lowest BCUT2D eigenvalue weighted by atomic mass is 10.1. The number of rotatable bonds is 5. The molecule has 8 nitrogen and oxygen atoms in total. The maximum absolute atomic E-state index is 11.5. The lowest BCUT2D eigenvalue weighted by Gasteiger charge is -2.07. The number of hydrogen-bond donors (Lipinski definition) is 4. The van der Waals surface area contributed by atoms with E-state index in [1.54, 1.807) is 0 Å². The molecule has 0 aliphatic rings. The van der Waals surface area contributed by atoms with Crippen LogP contribution in [-0.2, 0) is 4.79 Å². The molecule has 1 amide bonds. The maximum atomic E-state index is 11.5. The minimum atomic E-state index is -0.953. The van der Waals surface area contributed by atoms with Crippen LogP contribution in [-0.4, -0.2) is 33.5 Å². The molecule has 0 saturated heterocycles. The molecule has 18 heavy (non-hydrogen) atoms. The zero-order valence-corrected chi connectivity index (χ0v) is 9.65. The highest BCUT2D eigenvalue weighted by atomic mass is 16.4. The minimum Gasteiger partial charge on any atom is -0.481 e. The van der Waals surface area contributed by atoms with Gasteiger partial charge in [-0.3, -0.25) is 19.4 Å². The average molecular weight is 255 g/mol. The van der Waals surface area contributed by atoms with Crippen LogP contribution in [0.4, 0.5) is 0 Å². The van der Waals surface area contributed by atoms with Gasteiger partial charge in [0, 0.05) is 12.7 Å². The molecule has 1 heterocycles. The molecule has 0 saturated carbocycles. The Kier molecular flexibility index (Phi) is 4.41. The SMILES string of the molecule is CC(CCNC(=O)c1c[nH]c(=O)[nH]c1=O)C(=O)O. The van der Waals surface area contributed by atoms with Crippen LogP contribution in [0.15, 0.2) is 15.8 Å². The van der Waals surface area contributed by atoms with Crippen LogP contribution >= 0.6 is 0 Å². The van der Waals surface area contributed by atoms with E-state index in [2.05, 4.69) is 10.3 Å². The van der Waals surface area contributed by atoms with Gasteiger partial charge in [0.1, 0.15) is 5.56 Å². The van der Waals surface area contributed by atoms with Crippen molar-refractivity contribution >= 4 is 11.9 Å². The molecule has 0 fully saturated rings. The Morgan fingerprint density at radius 1 is 1.44 bits per heavy atom. The lowest BCUT2D eigenvalue weighted by Crippen LogP contribution is -2.34. The van der Waals surface area contributed by atoms with E-state index < -0.39 is 29.0 Å². The van der Waals surface area contributed by atoms with Crippen molar-refractivity contribution in [2.45, 2.75) is 13.3 Å². The minimum absolute atomic E-state index is 0.130. The van der Waals surface area contributed by atoms with Gasteiger partial charge in [-0.1, -0.05) is 6.92 Å². The third-order valence-electron chi connectivity index (χ3n) is 2.35. The molecule has 0 aliphatic heterocycles. The summed E-state index contributed by atoms with van der Waals surface area (Å²) in [6.45, 7) is 1.65. The van der Waals surface area contributed by atoms with Crippen LogP contribution in [0, 0.1) is 5.92 Å². The Balaban J connectivity index is 2.59. The van der Waals surface area contributed by atoms with E-state index in [-0.39, 0.29) is 18.5 Å². The van der Waals surface area contributed by atoms with Crippen molar-refractivity contribution in [1.82, 2.24) is 15.3 Å². The number of H-pyrrole nitrogens is 2. The summed E-state index contributed by atoms with van der Waals surface area (Å²) >= 11 is 0. The van der Waals surface area contributed by atoms with E-state index in [0.717, 1.165) is 6.20 Å². The number of carbonyl (C=O) groups is 2. The van der Waals surface area contributed by atoms with Gasteiger partial charge in [-0.2, -0.15) is 0 Å². The molecule has 0 aliphatic carbocycles. The summed E-state index contributed by atoms with van der Waals surface area (Å²) in [6, 6.07) is 0. The fourth-order valence-electron chi connectivity index (χ4n) is 1.20. The number of aliphatic carboxylic acids is 1. The molecule has 98 valence electrons. The van der Waals surface area contributed by atoms with Gasteiger partial charge in [0.15, 0.2) is 0 Å². The number of carboxylic acids is 1. The van der Waals surface area contributed by atoms with Crippen LogP contribution in [0.5, 0.6) is 0 Å². The van der Waals surface area contributed by atoms with Gasteiger partial charge >= 0.3 is 11.7 Å². The van der Waals surface area contributed by atoms with Gasteiger partial charge in [-0.25, -0.2) is 4.79 Å². The molecule has 1 aromatic heterocycles. The third-order valence-corrected chi connectivity index (χ3v) is 2.35. The zero-order valence-electron chi connectivity index (χ0n) is 9.65. The number of hydrogen-bond acceptors (Lipinski definition) is 4. The monoisotopic (exact) mass is 255 g/mol. The van der Waals surface area contributed by atoms with E-state index in [0.29, 0.717) is 0 Å². The quantitative estimate of drug-likeness (QED) is 0.530. The first-order chi connectivity index (χ1) is 8.41. The van der Waals surface area contributed by atoms with Crippen molar-refractivity contribution in [3.63, 3.8) is 0 Å². The first kappa shape index (κ1) is 13.7. The Labute approximate surface area is 101 Å². The van der Waals surface area contributed by atoms with E-state index in [1.807, 2.05) is 4.98 Å². The molecular weight excluding hydrogens is 242 g/mol. The fraction of sp³-hybridized carbons (Fsp3) is 0.400. The van der Waals surface area contributed by atoms with Crippen LogP contribution in [0.1, 0.15) is 23.7 Å². The predicted octanol–water partition coefficient (Wildman–Crippen LogP) is -1.10. The molecule has 1 unspecified atom stereocenters. The van der Waals surface area contributed by atoms with E-state index in [1.165, 1.54) is 6.92 Å². The first-order valence-electron chi connectivity index (χ1n) is 5.25. The summed E-state index contributed by atoms with van der Waals surface area (Å²) in [4.78, 5) is 48.1. The summed E-state index contributed by atoms with van der Waals surface area (Å²) < 4.78 is 0. The Morgan fingerprint density at radius 3 is 2.67 bits per heavy atom. The van der Waals surface area contributed by atoms with E-state index in [4.69, 9.17) is 5.11 Å². The highest BCUT2D eigenvalue weighted by Gasteiger charge is 2.13. The van der Waals surface area contributed by atoms with Gasteiger partial charge < -0.3 is 15.4 Å². The normalized spacial score (nSPS) is 11.8. The number of aromatic amines is 2. The molecule has 1 aromatic rings. The molecule has 1 rings (SSSR count). The van der Waals surface area contributed by atoms with Crippen LogP contribution in [0.3, 0.4) is 0 Å². The summed E-state index contributed by atoms with van der Waals surface area (Å²) in [5.41, 5.74) is -1.71. The number of carboxylic acid groups (broad SMARTS) is 1. The average Bonchev–Trinajstić information content (AvgIpc) is 2.28. The van der Waals surface area contributed by atoms with E-state index >= 15 is 0 Å². The predicted molar refractivity (Wildman–Crippen MR) is 61.4 cm³/mol. The standard InChI is InChI=1S/C10H13N3O5/c1-5(9(16)17)2-3-11-7(14)6-4-12-10(18)13-8(6)15/h4-5H,2-3H2,1H3,(H,11,14)(H,16,17)(H2,12,13,15,18). The summed E-state index contributed by atoms with van der Waals surface area (Å²) in [5.74, 6) is -2.20. The van der Waals surface area contributed by atoms with Gasteiger partial charge in [-0.15, -0.1) is 0 Å². The smallest absolute Gasteiger partial charge is 0.325 e. The van der Waals surface area contributed by atoms with Crippen LogP contribution in [0.25, 0.3) is 0 Å². The third kappa shape index (κ3) is 3.58. The van der Waals surface area contributed by atoms with Gasteiger partial charge in [0.2, 0.25) is 0 Å². The second kappa shape index (κ2) is 5.80. The van der Waals surface area contributed by atoms with Crippen molar-refractivity contribution in [2.24, 2.45) is 5.92 Å². The van der Waals surface area contributed by atoms with Crippen molar-refractivity contribution in [3.05, 3.63) is 32.6 Å². The molecule has 0 spiro atoms. The number of nitrogens with one attached hydrogen (secondary N) is 3. The van der Waals surface area contributed by atoms with Crippen LogP contribution < -0.4 is 16.6 Å². The van der Waals surface area contributed by atoms with Gasteiger partial charge in [-0.05, 0) is 6.42 Å². The van der Waals surface area contributed by atoms with E-state index in [9.17, 15) is 19.2 Å². The Hall–Kier alpha value is -2.38. The second-order valence-corrected chi connectivity index (χ2v) is 3.77. The summed E-state index contributed by atoms with van der Waals surface area (Å²) in [6.07, 6.45) is 1.26. The zero-order chi connectivity index (χ0) is 13.7. The molecule has 0 radical (unpaired) electrons. The first-order valence-corrected chi connectivity index (χ1v) is 5.25. The lowest BCUT2D eigenvalue weighted by molar-refractivity contribution is -0.141. The van der Waals surface area contributed by atoms with Crippen molar-refractivity contribution in [1.29, 1.82) is 0 Å². The fourth-order valence-corrected chi connectivity index (χ4v) is 1.20. The molecule has 1 atom stereocenters. The van der Waals surface area contributed by atoms with Crippen molar-refractivity contribution in [3.8, 4) is 0 Å². The molecular formula is C10H13N3O5. The number of amides is 1. The summed E-state index contributed by atoms with van der Waals surface area (Å²) in [5, 5.41) is 11.0. The van der Waals surface area contributed by atoms with Gasteiger partial charge in [0.05, 0.1) is 5.92 Å². The van der Waals surface area contributed by atoms with Crippen LogP contribution in [0.2, 0.25) is 0 Å². The summed E-state index contributed by atoms with van der Waals surface area (Å²) in [7, 11) is 0. The molecule has 0 bridgehead atoms. The highest BCUT2D eigenvalue weighted by molar-refractivity contribution is 5.93. The topological polar surface area (TPSA) is 132 Å². The number of carbonyl (C=O) groups excluding carboxylic acids is 1. The Bertz CT molecular complexity index is 559. The second-order valence-electron chi connectivity index (χ2n) is 3.77. The van der Waals surface area contributed by atoms with Crippen molar-refractivity contribution < 1.29 is 14.7 Å². The molecule has 0 aromatic carbocycles. The van der Waals surface area contributed by atoms with Crippen molar-refractivity contribution in [2.75, 3.05) is 6.54 Å². The highest BCUT2D eigenvalue weighted by Crippen LogP contribution is 1.99. The molecule has 8 heteroatoms. The largest absolute Gasteiger partial charge is 0.481 e. The Morgan fingerprint density at radius 2 is 2.11 bits per heavy atom. The number of aromatic nitrogens is 2. The molecule has 4 N–H and O–H groups in total. The van der Waals surface area contributed by atoms with Gasteiger partial charge in [0.25, 0.3) is 11.5 Å².